The first-order valence-corrected chi connectivity index (χ1v) is 6.76. The van der Waals surface area contributed by atoms with E-state index in [-0.39, 0.29) is 11.3 Å². The third-order valence-corrected chi connectivity index (χ3v) is 3.82. The molecule has 0 saturated carbocycles. The Morgan fingerprint density at radius 3 is 2.62 bits per heavy atom. The SMILES string of the molecule is O=C(Nc1ccc(F)cc1[N+](=O)[O-])c1ccc(Br)c(Cl)c1. The van der Waals surface area contributed by atoms with Crippen LogP contribution in [0.5, 0.6) is 0 Å². The number of hydrogen-bond acceptors (Lipinski definition) is 3. The Kier molecular flexibility index (Phi) is 4.54. The number of nitro benzene ring substituents is 1. The lowest BCUT2D eigenvalue weighted by Crippen LogP contribution is -2.13. The van der Waals surface area contributed by atoms with Crippen molar-refractivity contribution >= 4 is 44.8 Å². The average molecular weight is 374 g/mol. The number of benzene rings is 2. The molecule has 2 aromatic carbocycles. The van der Waals surface area contributed by atoms with Crippen LogP contribution in [0, 0.1) is 15.9 Å². The monoisotopic (exact) mass is 372 g/mol. The molecule has 0 aromatic heterocycles. The molecule has 0 heterocycles. The molecule has 1 N–H and O–H groups in total. The number of nitro groups is 1. The average Bonchev–Trinajstić information content (AvgIpc) is 2.43. The second-order valence-electron chi connectivity index (χ2n) is 4.00. The lowest BCUT2D eigenvalue weighted by molar-refractivity contribution is -0.384. The van der Waals surface area contributed by atoms with Crippen molar-refractivity contribution in [3.63, 3.8) is 0 Å². The van der Waals surface area contributed by atoms with Gasteiger partial charge in [0.05, 0.1) is 16.0 Å². The van der Waals surface area contributed by atoms with Crippen molar-refractivity contribution in [1.29, 1.82) is 0 Å². The van der Waals surface area contributed by atoms with Crippen molar-refractivity contribution in [2.24, 2.45) is 0 Å². The highest BCUT2D eigenvalue weighted by Gasteiger charge is 2.18. The predicted octanol–water partition coefficient (Wildman–Crippen LogP) is 4.40. The standard InChI is InChI=1S/C13H7BrClFN2O3/c14-9-3-1-7(5-10(9)15)13(19)17-11-4-2-8(16)6-12(11)18(20)21/h1-6H,(H,17,19). The number of carbonyl (C=O) groups is 1. The Labute approximate surface area is 132 Å². The van der Waals surface area contributed by atoms with E-state index in [1.54, 1.807) is 6.07 Å². The van der Waals surface area contributed by atoms with E-state index in [1.807, 2.05) is 0 Å². The van der Waals surface area contributed by atoms with Gasteiger partial charge in [0, 0.05) is 10.0 Å². The molecule has 0 spiro atoms. The highest BCUT2D eigenvalue weighted by atomic mass is 79.9. The summed E-state index contributed by atoms with van der Waals surface area (Å²) >= 11 is 9.07. The molecule has 0 saturated heterocycles. The van der Waals surface area contributed by atoms with Crippen LogP contribution >= 0.6 is 27.5 Å². The van der Waals surface area contributed by atoms with Crippen LogP contribution in [0.3, 0.4) is 0 Å². The lowest BCUT2D eigenvalue weighted by Gasteiger charge is -2.07. The van der Waals surface area contributed by atoms with Crippen molar-refractivity contribution in [2.75, 3.05) is 5.32 Å². The van der Waals surface area contributed by atoms with E-state index < -0.39 is 22.3 Å². The molecule has 8 heteroatoms. The first-order chi connectivity index (χ1) is 9.88. The highest BCUT2D eigenvalue weighted by molar-refractivity contribution is 9.10. The van der Waals surface area contributed by atoms with E-state index in [2.05, 4.69) is 21.2 Å². The van der Waals surface area contributed by atoms with Gasteiger partial charge in [-0.2, -0.15) is 0 Å². The molecule has 21 heavy (non-hydrogen) atoms. The lowest BCUT2D eigenvalue weighted by atomic mass is 10.2. The van der Waals surface area contributed by atoms with Gasteiger partial charge in [0.15, 0.2) is 0 Å². The van der Waals surface area contributed by atoms with Crippen LogP contribution in [-0.4, -0.2) is 10.8 Å². The molecule has 0 aliphatic rings. The molecular weight excluding hydrogens is 367 g/mol. The molecule has 2 aromatic rings. The predicted molar refractivity (Wildman–Crippen MR) is 80.2 cm³/mol. The first-order valence-electron chi connectivity index (χ1n) is 5.59. The maximum absolute atomic E-state index is 13.0. The number of anilines is 1. The van der Waals surface area contributed by atoms with Crippen LogP contribution in [0.25, 0.3) is 0 Å². The minimum absolute atomic E-state index is 0.0922. The number of nitrogens with one attached hydrogen (secondary N) is 1. The molecule has 0 unspecified atom stereocenters. The van der Waals surface area contributed by atoms with Gasteiger partial charge < -0.3 is 5.32 Å². The zero-order chi connectivity index (χ0) is 15.6. The fraction of sp³-hybridized carbons (Fsp3) is 0. The molecule has 5 nitrogen and oxygen atoms in total. The van der Waals surface area contributed by atoms with Gasteiger partial charge in [-0.1, -0.05) is 11.6 Å². The number of nitrogens with zero attached hydrogens (tertiary/aromatic N) is 1. The number of halogens is 3. The number of amides is 1. The highest BCUT2D eigenvalue weighted by Crippen LogP contribution is 2.27. The van der Waals surface area contributed by atoms with Crippen molar-refractivity contribution < 1.29 is 14.1 Å². The quantitative estimate of drug-likeness (QED) is 0.640. The number of rotatable bonds is 3. The van der Waals surface area contributed by atoms with Crippen LogP contribution in [0.4, 0.5) is 15.8 Å². The molecular formula is C13H7BrClFN2O3. The van der Waals surface area contributed by atoms with Gasteiger partial charge in [-0.3, -0.25) is 14.9 Å². The Morgan fingerprint density at radius 2 is 2.00 bits per heavy atom. The Balaban J connectivity index is 2.31. The van der Waals surface area contributed by atoms with Gasteiger partial charge in [-0.05, 0) is 46.3 Å². The Hall–Kier alpha value is -1.99. The van der Waals surface area contributed by atoms with Gasteiger partial charge >= 0.3 is 0 Å². The van der Waals surface area contributed by atoms with Crippen LogP contribution in [0.2, 0.25) is 5.02 Å². The van der Waals surface area contributed by atoms with Crippen LogP contribution in [0.15, 0.2) is 40.9 Å². The molecule has 0 fully saturated rings. The molecule has 0 aliphatic carbocycles. The van der Waals surface area contributed by atoms with Gasteiger partial charge in [0.1, 0.15) is 11.5 Å². The molecule has 0 radical (unpaired) electrons. The van der Waals surface area contributed by atoms with E-state index in [0.717, 1.165) is 18.2 Å². The third-order valence-electron chi connectivity index (χ3n) is 2.59. The zero-order valence-corrected chi connectivity index (χ0v) is 12.6. The van der Waals surface area contributed by atoms with Gasteiger partial charge in [0.2, 0.25) is 0 Å². The molecule has 0 bridgehead atoms. The summed E-state index contributed by atoms with van der Waals surface area (Å²) in [5, 5.41) is 13.5. The second kappa shape index (κ2) is 6.19. The topological polar surface area (TPSA) is 72.2 Å². The summed E-state index contributed by atoms with van der Waals surface area (Å²) in [7, 11) is 0. The minimum Gasteiger partial charge on any atom is -0.316 e. The second-order valence-corrected chi connectivity index (χ2v) is 5.26. The van der Waals surface area contributed by atoms with Gasteiger partial charge in [-0.25, -0.2) is 4.39 Å². The summed E-state index contributed by atoms with van der Waals surface area (Å²) < 4.78 is 13.6. The summed E-state index contributed by atoms with van der Waals surface area (Å²) in [4.78, 5) is 22.1. The molecule has 1 amide bonds. The van der Waals surface area contributed by atoms with Crippen molar-refractivity contribution in [3.05, 3.63) is 67.4 Å². The number of carbonyl (C=O) groups excluding carboxylic acids is 1. The van der Waals surface area contributed by atoms with Crippen LogP contribution in [0.1, 0.15) is 10.4 Å². The first kappa shape index (κ1) is 15.4. The molecule has 108 valence electrons. The van der Waals surface area contributed by atoms with Crippen molar-refractivity contribution in [1.82, 2.24) is 0 Å². The van der Waals surface area contributed by atoms with E-state index in [9.17, 15) is 19.3 Å². The molecule has 2 rings (SSSR count). The summed E-state index contributed by atoms with van der Waals surface area (Å²) in [5.74, 6) is -1.34. The normalized spacial score (nSPS) is 10.2. The molecule has 0 aliphatic heterocycles. The Morgan fingerprint density at radius 1 is 1.29 bits per heavy atom. The summed E-state index contributed by atoms with van der Waals surface area (Å²) in [6.07, 6.45) is 0. The van der Waals surface area contributed by atoms with Crippen molar-refractivity contribution in [3.8, 4) is 0 Å². The minimum atomic E-state index is -0.771. The maximum atomic E-state index is 13.0. The van der Waals surface area contributed by atoms with E-state index in [1.165, 1.54) is 12.1 Å². The Bertz CT molecular complexity index is 739. The smallest absolute Gasteiger partial charge is 0.295 e. The summed E-state index contributed by atoms with van der Waals surface area (Å²) in [6.45, 7) is 0. The van der Waals surface area contributed by atoms with Crippen LogP contribution < -0.4 is 5.32 Å². The summed E-state index contributed by atoms with van der Waals surface area (Å²) in [5.41, 5.74) is -0.390. The largest absolute Gasteiger partial charge is 0.316 e. The van der Waals surface area contributed by atoms with Gasteiger partial charge in [0.25, 0.3) is 11.6 Å². The van der Waals surface area contributed by atoms with Crippen molar-refractivity contribution in [2.45, 2.75) is 0 Å². The van der Waals surface area contributed by atoms with Gasteiger partial charge in [-0.15, -0.1) is 0 Å². The molecule has 0 atom stereocenters. The number of hydrogen-bond donors (Lipinski definition) is 1. The maximum Gasteiger partial charge on any atom is 0.295 e. The zero-order valence-electron chi connectivity index (χ0n) is 10.3. The fourth-order valence-electron chi connectivity index (χ4n) is 1.59. The van der Waals surface area contributed by atoms with E-state index in [0.29, 0.717) is 9.50 Å². The fourth-order valence-corrected chi connectivity index (χ4v) is 2.02. The van der Waals surface area contributed by atoms with E-state index in [4.69, 9.17) is 11.6 Å². The summed E-state index contributed by atoms with van der Waals surface area (Å²) in [6, 6.07) is 7.39. The van der Waals surface area contributed by atoms with Crippen LogP contribution in [-0.2, 0) is 0 Å². The van der Waals surface area contributed by atoms with E-state index >= 15 is 0 Å². The third kappa shape index (κ3) is 3.56.